The Hall–Kier alpha value is -2.35. The molecule has 2 rings (SSSR count). The van der Waals surface area contributed by atoms with Crippen LogP contribution in [0.4, 0.5) is 5.69 Å². The van der Waals surface area contributed by atoms with Gasteiger partial charge in [-0.25, -0.2) is 4.98 Å². The van der Waals surface area contributed by atoms with Crippen LogP contribution in [0.3, 0.4) is 0 Å². The summed E-state index contributed by atoms with van der Waals surface area (Å²) in [5.74, 6) is 0. The number of aryl methyl sites for hydroxylation is 2. The van der Waals surface area contributed by atoms with E-state index in [1.807, 2.05) is 0 Å². The number of hydrogen-bond acceptors (Lipinski definition) is 5. The van der Waals surface area contributed by atoms with Crippen molar-refractivity contribution >= 4 is 15.7 Å². The Morgan fingerprint density at radius 2 is 1.85 bits per heavy atom. The van der Waals surface area contributed by atoms with Crippen molar-refractivity contribution in [3.05, 3.63) is 47.3 Å². The first-order chi connectivity index (χ1) is 9.29. The lowest BCUT2D eigenvalue weighted by atomic mass is 10.3. The molecule has 0 bridgehead atoms. The normalized spacial score (nSPS) is 12.6. The predicted molar refractivity (Wildman–Crippen MR) is 72.5 cm³/mol. The Kier molecular flexibility index (Phi) is 3.49. The van der Waals surface area contributed by atoms with E-state index < -0.39 is 10.0 Å². The van der Waals surface area contributed by atoms with Gasteiger partial charge in [0.05, 0.1) is 10.6 Å². The average molecular weight is 294 g/mol. The Morgan fingerprint density at radius 1 is 1.25 bits per heavy atom. The third-order valence-electron chi connectivity index (χ3n) is 2.60. The number of nitrogens with two attached hydrogens (primary N) is 1. The highest BCUT2D eigenvalue weighted by Gasteiger charge is 2.13. The van der Waals surface area contributed by atoms with Crippen molar-refractivity contribution in [1.29, 1.82) is 0 Å². The fraction of sp³-hybridized carbons (Fsp3) is 0.167. The summed E-state index contributed by atoms with van der Waals surface area (Å²) in [5.41, 5.74) is 6.65. The van der Waals surface area contributed by atoms with Crippen LogP contribution in [0, 0.1) is 13.8 Å². The maximum absolute atomic E-state index is 12.1. The van der Waals surface area contributed by atoms with E-state index in [0.29, 0.717) is 21.8 Å². The van der Waals surface area contributed by atoms with Crippen molar-refractivity contribution in [3.63, 3.8) is 0 Å². The first-order valence-corrected chi connectivity index (χ1v) is 7.17. The summed E-state index contributed by atoms with van der Waals surface area (Å²) in [5, 5.41) is 9.75. The van der Waals surface area contributed by atoms with Gasteiger partial charge in [-0.2, -0.15) is 13.1 Å². The third kappa shape index (κ3) is 2.80. The summed E-state index contributed by atoms with van der Waals surface area (Å²) >= 11 is 0. The van der Waals surface area contributed by atoms with Crippen LogP contribution in [0.1, 0.15) is 11.4 Å². The minimum atomic E-state index is -3.96. The molecule has 106 valence electrons. The van der Waals surface area contributed by atoms with Crippen molar-refractivity contribution in [2.75, 3.05) is 5.73 Å². The number of hydrogen-bond donors (Lipinski definition) is 2. The van der Waals surface area contributed by atoms with Crippen molar-refractivity contribution in [3.8, 4) is 0 Å². The number of sulfonamides is 1. The second-order valence-electron chi connectivity index (χ2n) is 4.29. The zero-order valence-electron chi connectivity index (χ0n) is 11.0. The zero-order chi connectivity index (χ0) is 14.9. The molecule has 1 aromatic heterocycles. The van der Waals surface area contributed by atoms with Crippen molar-refractivity contribution in [2.45, 2.75) is 18.7 Å². The number of benzene rings is 1. The van der Waals surface area contributed by atoms with Crippen molar-refractivity contribution in [1.82, 2.24) is 9.71 Å². The van der Waals surface area contributed by atoms with E-state index in [9.17, 15) is 13.6 Å². The highest BCUT2D eigenvalue weighted by Crippen LogP contribution is 2.13. The minimum absolute atomic E-state index is 0.0207. The molecule has 0 unspecified atom stereocenters. The van der Waals surface area contributed by atoms with Gasteiger partial charge in [-0.15, -0.1) is 4.40 Å². The number of anilines is 1. The molecule has 0 fully saturated rings. The average Bonchev–Trinajstić information content (AvgIpc) is 2.35. The highest BCUT2D eigenvalue weighted by molar-refractivity contribution is 7.90. The molecule has 0 spiro atoms. The molecule has 7 nitrogen and oxygen atoms in total. The monoisotopic (exact) mass is 294 g/mol. The molecular weight excluding hydrogens is 280 g/mol. The summed E-state index contributed by atoms with van der Waals surface area (Å²) < 4.78 is 28.4. The molecule has 1 aromatic carbocycles. The largest absolute Gasteiger partial charge is 0.425 e. The molecule has 0 saturated heterocycles. The smallest absolute Gasteiger partial charge is 0.285 e. The lowest BCUT2D eigenvalue weighted by Crippen LogP contribution is -2.26. The number of rotatable bonds is 2. The number of nitrogen functional groups attached to an aromatic ring is 1. The lowest BCUT2D eigenvalue weighted by Gasteiger charge is -2.04. The first kappa shape index (κ1) is 14.1. The second-order valence-corrected chi connectivity index (χ2v) is 5.89. The lowest BCUT2D eigenvalue weighted by molar-refractivity contribution is 0.160. The Labute approximate surface area is 116 Å². The Morgan fingerprint density at radius 3 is 2.45 bits per heavy atom. The van der Waals surface area contributed by atoms with Crippen LogP contribution in [-0.4, -0.2) is 23.3 Å². The standard InChI is InChI=1S/C12H14N4O3S/c1-8-7-9(2)16(17)12(14-8)15-20(18,19)11-5-3-10(13)4-6-11/h3-7,17H,13H2,1-2H3. The molecule has 0 aliphatic rings. The van der Waals surface area contributed by atoms with Gasteiger partial charge in [0.2, 0.25) is 0 Å². The van der Waals surface area contributed by atoms with Crippen LogP contribution in [0.5, 0.6) is 0 Å². The Bertz CT molecular complexity index is 808. The highest BCUT2D eigenvalue weighted by atomic mass is 32.2. The maximum atomic E-state index is 12.1. The van der Waals surface area contributed by atoms with Gasteiger partial charge in [0.25, 0.3) is 15.6 Å². The van der Waals surface area contributed by atoms with Gasteiger partial charge < -0.3 is 10.9 Å². The molecule has 20 heavy (non-hydrogen) atoms. The summed E-state index contributed by atoms with van der Waals surface area (Å²) in [7, 11) is -3.96. The van der Waals surface area contributed by atoms with Gasteiger partial charge in [0.1, 0.15) is 0 Å². The van der Waals surface area contributed by atoms with Crippen molar-refractivity contribution < 1.29 is 13.6 Å². The molecule has 1 heterocycles. The molecule has 0 atom stereocenters. The first-order valence-electron chi connectivity index (χ1n) is 5.73. The summed E-state index contributed by atoms with van der Waals surface area (Å²) in [4.78, 5) is 3.88. The van der Waals surface area contributed by atoms with Gasteiger partial charge in [-0.3, -0.25) is 0 Å². The van der Waals surface area contributed by atoms with E-state index in [4.69, 9.17) is 5.73 Å². The van der Waals surface area contributed by atoms with Gasteiger partial charge in [0.15, 0.2) is 0 Å². The molecule has 0 amide bonds. The molecule has 0 radical (unpaired) electrons. The zero-order valence-corrected chi connectivity index (χ0v) is 11.8. The molecular formula is C12H14N4O3S. The van der Waals surface area contributed by atoms with Crippen LogP contribution >= 0.6 is 0 Å². The molecule has 2 aromatic rings. The van der Waals surface area contributed by atoms with Gasteiger partial charge in [0, 0.05) is 11.4 Å². The quantitative estimate of drug-likeness (QED) is 0.622. The number of aromatic nitrogens is 2. The summed E-state index contributed by atoms with van der Waals surface area (Å²) in [6.07, 6.45) is 0. The van der Waals surface area contributed by atoms with Crippen LogP contribution in [0.2, 0.25) is 0 Å². The molecule has 0 aliphatic carbocycles. The van der Waals surface area contributed by atoms with E-state index in [2.05, 4.69) is 9.38 Å². The van der Waals surface area contributed by atoms with E-state index in [1.165, 1.54) is 24.3 Å². The van der Waals surface area contributed by atoms with Gasteiger partial charge >= 0.3 is 0 Å². The fourth-order valence-corrected chi connectivity index (χ4v) is 2.54. The third-order valence-corrected chi connectivity index (χ3v) is 3.87. The molecule has 3 N–H and O–H groups in total. The minimum Gasteiger partial charge on any atom is -0.425 e. The van der Waals surface area contributed by atoms with E-state index >= 15 is 0 Å². The number of nitrogens with zero attached hydrogens (tertiary/aromatic N) is 3. The maximum Gasteiger partial charge on any atom is 0.285 e. The molecule has 0 aliphatic heterocycles. The van der Waals surface area contributed by atoms with Crippen LogP contribution in [0.25, 0.3) is 0 Å². The van der Waals surface area contributed by atoms with E-state index in [-0.39, 0.29) is 10.5 Å². The van der Waals surface area contributed by atoms with Gasteiger partial charge in [-0.05, 0) is 44.2 Å². The van der Waals surface area contributed by atoms with E-state index in [0.717, 1.165) is 0 Å². The van der Waals surface area contributed by atoms with Crippen molar-refractivity contribution in [2.24, 2.45) is 4.40 Å². The van der Waals surface area contributed by atoms with E-state index in [1.54, 1.807) is 19.9 Å². The van der Waals surface area contributed by atoms with Gasteiger partial charge in [-0.1, -0.05) is 0 Å². The molecule has 8 heteroatoms. The SMILES string of the molecule is Cc1cc(C)n(O)c(=NS(=O)(=O)c2ccc(N)cc2)n1. The predicted octanol–water partition coefficient (Wildman–Crippen LogP) is 0.609. The van der Waals surface area contributed by atoms with Crippen LogP contribution in [0.15, 0.2) is 39.6 Å². The topological polar surface area (TPSA) is 111 Å². The van der Waals surface area contributed by atoms with Crippen LogP contribution < -0.4 is 11.4 Å². The second kappa shape index (κ2) is 4.97. The summed E-state index contributed by atoms with van der Waals surface area (Å²) in [6, 6.07) is 7.22. The molecule has 0 saturated carbocycles. The summed E-state index contributed by atoms with van der Waals surface area (Å²) in [6.45, 7) is 3.30. The van der Waals surface area contributed by atoms with Crippen LogP contribution in [-0.2, 0) is 10.0 Å². The Balaban J connectivity index is 2.62. The fourth-order valence-electron chi connectivity index (χ4n) is 1.62.